The maximum Gasteiger partial charge on any atom is 0.435 e. The molecule has 0 radical (unpaired) electrons. The second-order valence-electron chi connectivity index (χ2n) is 6.48. The summed E-state index contributed by atoms with van der Waals surface area (Å²) in [6, 6.07) is 0.971. The number of aromatic nitrogens is 2. The van der Waals surface area contributed by atoms with E-state index in [1.54, 1.807) is 0 Å². The molecule has 0 amide bonds. The molecule has 4 nitrogen and oxygen atoms in total. The largest absolute Gasteiger partial charge is 0.478 e. The number of hydrogen-bond acceptors (Lipinski definition) is 2. The van der Waals surface area contributed by atoms with Crippen LogP contribution < -0.4 is 0 Å². The number of rotatable bonds is 3. The molecule has 1 N–H and O–H groups in total. The third-order valence-corrected chi connectivity index (χ3v) is 4.93. The number of carbonyl (C=O) groups is 1. The molecule has 0 aliphatic heterocycles. The van der Waals surface area contributed by atoms with Crippen molar-refractivity contribution in [3.8, 4) is 0 Å². The molecule has 1 aliphatic rings. The second kappa shape index (κ2) is 6.37. The fourth-order valence-corrected chi connectivity index (χ4v) is 3.51. The Balaban J connectivity index is 2.04. The molecule has 0 bridgehead atoms. The van der Waals surface area contributed by atoms with E-state index in [9.17, 15) is 26.7 Å². The van der Waals surface area contributed by atoms with Crippen molar-refractivity contribution in [1.82, 2.24) is 9.38 Å². The van der Waals surface area contributed by atoms with E-state index in [2.05, 4.69) is 4.98 Å². The van der Waals surface area contributed by atoms with Crippen molar-refractivity contribution in [1.29, 1.82) is 0 Å². The van der Waals surface area contributed by atoms with Crippen molar-refractivity contribution in [3.05, 3.63) is 34.2 Å². The molecular formula is C16H14ClF5N2O2. The summed E-state index contributed by atoms with van der Waals surface area (Å²) in [5, 5.41) is 8.83. The standard InChI is InChI=1S/C16H14ClF5N2O2/c17-10-7-24-11(5-8-1-3-15(18,19)4-2-8)13(16(20,21)22)23-12(24)6-9(10)14(25)26/h6-8H,1-5H2,(H,25,26). The maximum absolute atomic E-state index is 13.4. The van der Waals surface area contributed by atoms with E-state index < -0.39 is 23.8 Å². The third kappa shape index (κ3) is 3.62. The van der Waals surface area contributed by atoms with E-state index in [1.165, 1.54) is 0 Å². The summed E-state index contributed by atoms with van der Waals surface area (Å²) in [7, 11) is 0. The van der Waals surface area contributed by atoms with E-state index in [1.807, 2.05) is 0 Å². The van der Waals surface area contributed by atoms with Crippen LogP contribution >= 0.6 is 11.6 Å². The molecule has 0 aromatic carbocycles. The first-order valence-electron chi connectivity index (χ1n) is 7.87. The number of carboxylic acids is 1. The number of hydrogen-bond donors (Lipinski definition) is 1. The van der Waals surface area contributed by atoms with E-state index in [0.29, 0.717) is 0 Å². The van der Waals surface area contributed by atoms with Crippen LogP contribution in [0.3, 0.4) is 0 Å². The van der Waals surface area contributed by atoms with Crippen LogP contribution in [0.2, 0.25) is 5.02 Å². The van der Waals surface area contributed by atoms with Crippen LogP contribution in [0.25, 0.3) is 5.65 Å². The van der Waals surface area contributed by atoms with Crippen molar-refractivity contribution in [2.24, 2.45) is 5.92 Å². The first-order valence-corrected chi connectivity index (χ1v) is 8.24. The van der Waals surface area contributed by atoms with Gasteiger partial charge in [-0.05, 0) is 31.2 Å². The van der Waals surface area contributed by atoms with Crippen molar-refractivity contribution < 1.29 is 31.9 Å². The summed E-state index contributed by atoms with van der Waals surface area (Å²) < 4.78 is 67.8. The Morgan fingerprint density at radius 2 is 1.96 bits per heavy atom. The highest BCUT2D eigenvalue weighted by atomic mass is 35.5. The van der Waals surface area contributed by atoms with Crippen molar-refractivity contribution >= 4 is 23.2 Å². The Morgan fingerprint density at radius 3 is 2.50 bits per heavy atom. The van der Waals surface area contributed by atoms with Gasteiger partial charge in [0.1, 0.15) is 5.65 Å². The van der Waals surface area contributed by atoms with Crippen molar-refractivity contribution in [3.63, 3.8) is 0 Å². The fraction of sp³-hybridized carbons (Fsp3) is 0.500. The maximum atomic E-state index is 13.4. The van der Waals surface area contributed by atoms with Gasteiger partial charge in [0, 0.05) is 19.0 Å². The minimum atomic E-state index is -4.75. The van der Waals surface area contributed by atoms with Gasteiger partial charge in [-0.2, -0.15) is 13.2 Å². The number of halogens is 6. The summed E-state index contributed by atoms with van der Waals surface area (Å²) in [5.41, 5.74) is -1.90. The monoisotopic (exact) mass is 396 g/mol. The highest BCUT2D eigenvalue weighted by molar-refractivity contribution is 6.33. The fourth-order valence-electron chi connectivity index (χ4n) is 3.28. The topological polar surface area (TPSA) is 54.6 Å². The molecule has 0 unspecified atom stereocenters. The van der Waals surface area contributed by atoms with Gasteiger partial charge in [-0.3, -0.25) is 0 Å². The molecule has 1 saturated carbocycles. The lowest BCUT2D eigenvalue weighted by Crippen LogP contribution is -2.26. The molecule has 1 aliphatic carbocycles. The highest BCUT2D eigenvalue weighted by Gasteiger charge is 2.40. The molecule has 0 atom stereocenters. The number of alkyl halides is 5. The number of carboxylic acid groups (broad SMARTS) is 1. The van der Waals surface area contributed by atoms with Crippen molar-refractivity contribution in [2.75, 3.05) is 0 Å². The van der Waals surface area contributed by atoms with Gasteiger partial charge in [0.15, 0.2) is 5.69 Å². The quantitative estimate of drug-likeness (QED) is 0.737. The molecule has 10 heteroatoms. The van der Waals surface area contributed by atoms with Gasteiger partial charge in [0.25, 0.3) is 0 Å². The van der Waals surface area contributed by atoms with Gasteiger partial charge in [0.05, 0.1) is 16.3 Å². The van der Waals surface area contributed by atoms with Gasteiger partial charge in [0.2, 0.25) is 5.92 Å². The smallest absolute Gasteiger partial charge is 0.435 e. The van der Waals surface area contributed by atoms with Crippen molar-refractivity contribution in [2.45, 2.75) is 44.2 Å². The average Bonchev–Trinajstić information content (AvgIpc) is 2.86. The summed E-state index contributed by atoms with van der Waals surface area (Å²) in [4.78, 5) is 14.6. The van der Waals surface area contributed by atoms with Crippen LogP contribution in [-0.2, 0) is 12.6 Å². The van der Waals surface area contributed by atoms with Gasteiger partial charge in [-0.1, -0.05) is 11.6 Å². The molecular weight excluding hydrogens is 383 g/mol. The SMILES string of the molecule is O=C(O)c1cc2nc(C(F)(F)F)c(CC3CCC(F)(F)CC3)n2cc1Cl. The Kier molecular flexibility index (Phi) is 4.62. The van der Waals surface area contributed by atoms with E-state index >= 15 is 0 Å². The van der Waals surface area contributed by atoms with E-state index in [0.717, 1.165) is 16.7 Å². The summed E-state index contributed by atoms with van der Waals surface area (Å²) in [6.07, 6.45) is -4.27. The Bertz CT molecular complexity index is 852. The number of nitrogens with zero attached hydrogens (tertiary/aromatic N) is 2. The summed E-state index contributed by atoms with van der Waals surface area (Å²) in [5.74, 6) is -4.50. The lowest BCUT2D eigenvalue weighted by Gasteiger charge is -2.28. The summed E-state index contributed by atoms with van der Waals surface area (Å²) in [6.45, 7) is 0. The minimum Gasteiger partial charge on any atom is -0.478 e. The number of fused-ring (bicyclic) bond motifs is 1. The first-order chi connectivity index (χ1) is 12.0. The molecule has 142 valence electrons. The first kappa shape index (κ1) is 18.9. The highest BCUT2D eigenvalue weighted by Crippen LogP contribution is 2.40. The van der Waals surface area contributed by atoms with Gasteiger partial charge < -0.3 is 9.51 Å². The molecule has 2 aromatic rings. The predicted molar refractivity (Wildman–Crippen MR) is 82.8 cm³/mol. The zero-order valence-corrected chi connectivity index (χ0v) is 14.0. The van der Waals surface area contributed by atoms with Crippen LogP contribution in [0.4, 0.5) is 22.0 Å². The van der Waals surface area contributed by atoms with Crippen LogP contribution in [0.5, 0.6) is 0 Å². The zero-order valence-electron chi connectivity index (χ0n) is 13.3. The molecule has 2 heterocycles. The molecule has 26 heavy (non-hydrogen) atoms. The van der Waals surface area contributed by atoms with Crippen LogP contribution in [0.15, 0.2) is 12.3 Å². The Labute approximate surface area is 149 Å². The van der Waals surface area contributed by atoms with Gasteiger partial charge >= 0.3 is 12.1 Å². The molecule has 0 spiro atoms. The van der Waals surface area contributed by atoms with Crippen LogP contribution in [0, 0.1) is 5.92 Å². The lowest BCUT2D eigenvalue weighted by atomic mass is 9.83. The zero-order chi connectivity index (χ0) is 19.3. The molecule has 0 saturated heterocycles. The minimum absolute atomic E-state index is 0.0885. The van der Waals surface area contributed by atoms with E-state index in [4.69, 9.17) is 16.7 Å². The number of imidazole rings is 1. The van der Waals surface area contributed by atoms with Crippen LogP contribution in [0.1, 0.15) is 47.4 Å². The lowest BCUT2D eigenvalue weighted by molar-refractivity contribution is -0.141. The molecule has 3 rings (SSSR count). The second-order valence-corrected chi connectivity index (χ2v) is 6.88. The normalized spacial score (nSPS) is 18.4. The average molecular weight is 397 g/mol. The number of pyridine rings is 1. The Morgan fingerprint density at radius 1 is 1.35 bits per heavy atom. The third-order valence-electron chi connectivity index (χ3n) is 4.63. The van der Waals surface area contributed by atoms with Gasteiger partial charge in [-0.15, -0.1) is 0 Å². The van der Waals surface area contributed by atoms with Crippen LogP contribution in [-0.4, -0.2) is 26.4 Å². The molecule has 2 aromatic heterocycles. The predicted octanol–water partition coefficient (Wildman–Crippen LogP) is 5.07. The summed E-state index contributed by atoms with van der Waals surface area (Å²) >= 11 is 5.86. The Hall–Kier alpha value is -1.90. The molecule has 1 fully saturated rings. The number of aromatic carboxylic acids is 1. The van der Waals surface area contributed by atoms with E-state index in [-0.39, 0.29) is 59.9 Å². The van der Waals surface area contributed by atoms with Gasteiger partial charge in [-0.25, -0.2) is 18.6 Å².